The van der Waals surface area contributed by atoms with Crippen molar-refractivity contribution < 1.29 is 19.4 Å². The number of carboxylic acid groups (broad SMARTS) is 1. The molecule has 3 rings (SSSR count). The van der Waals surface area contributed by atoms with E-state index < -0.39 is 5.97 Å². The fraction of sp³-hybridized carbons (Fsp3) is 0.364. The van der Waals surface area contributed by atoms with Crippen molar-refractivity contribution in [1.82, 2.24) is 0 Å². The van der Waals surface area contributed by atoms with E-state index in [2.05, 4.69) is 5.32 Å². The number of rotatable bonds is 6. The third-order valence-electron chi connectivity index (χ3n) is 4.91. The lowest BCUT2D eigenvalue weighted by molar-refractivity contribution is -0.137. The highest BCUT2D eigenvalue weighted by Gasteiger charge is 2.33. The lowest BCUT2D eigenvalue weighted by Crippen LogP contribution is -2.33. The minimum Gasteiger partial charge on any atom is -0.481 e. The third kappa shape index (κ3) is 5.17. The smallest absolute Gasteiger partial charge is 0.303 e. The molecule has 0 bridgehead atoms. The van der Waals surface area contributed by atoms with Crippen LogP contribution in [-0.2, 0) is 20.7 Å². The Labute approximate surface area is 159 Å². The molecule has 142 valence electrons. The van der Waals surface area contributed by atoms with E-state index in [1.807, 2.05) is 55.5 Å². The summed E-state index contributed by atoms with van der Waals surface area (Å²) in [6, 6.07) is 15.5. The largest absolute Gasteiger partial charge is 0.481 e. The molecule has 0 spiro atoms. The van der Waals surface area contributed by atoms with Crippen LogP contribution in [0.5, 0.6) is 0 Å². The number of hydrogen-bond acceptors (Lipinski definition) is 3. The predicted octanol–water partition coefficient (Wildman–Crippen LogP) is 4.12. The van der Waals surface area contributed by atoms with E-state index in [0.717, 1.165) is 24.0 Å². The summed E-state index contributed by atoms with van der Waals surface area (Å²) in [6.45, 7) is 2.70. The molecule has 0 aromatic heterocycles. The topological polar surface area (TPSA) is 75.6 Å². The lowest BCUT2D eigenvalue weighted by atomic mass is 9.88. The molecule has 0 saturated carbocycles. The first kappa shape index (κ1) is 19.1. The quantitative estimate of drug-likeness (QED) is 0.805. The number of benzene rings is 2. The van der Waals surface area contributed by atoms with Crippen molar-refractivity contribution in [2.45, 2.75) is 38.7 Å². The van der Waals surface area contributed by atoms with Crippen LogP contribution in [0.3, 0.4) is 0 Å². The minimum absolute atomic E-state index is 0.0430. The first-order valence-electron chi connectivity index (χ1n) is 9.33. The van der Waals surface area contributed by atoms with Gasteiger partial charge in [-0.25, -0.2) is 0 Å². The second-order valence-corrected chi connectivity index (χ2v) is 7.03. The van der Waals surface area contributed by atoms with Gasteiger partial charge in [0.15, 0.2) is 0 Å². The Morgan fingerprint density at radius 3 is 2.48 bits per heavy atom. The van der Waals surface area contributed by atoms with Crippen molar-refractivity contribution in [1.29, 1.82) is 0 Å². The molecule has 2 aromatic rings. The molecule has 2 N–H and O–H groups in total. The maximum absolute atomic E-state index is 12.8. The molecular formula is C22H25NO4. The molecule has 5 nitrogen and oxygen atoms in total. The standard InChI is InChI=1S/C22H25NO4/c1-15-4-9-17(10-5-15)21-19(3-2-14-27-21)22(26)23-18-11-6-16(7-12-18)8-13-20(24)25/h4-7,9-12,19,21H,2-3,8,13-14H2,1H3,(H,23,26)(H,24,25). The fourth-order valence-corrected chi connectivity index (χ4v) is 3.38. The van der Waals surface area contributed by atoms with Gasteiger partial charge in [-0.05, 0) is 49.4 Å². The predicted molar refractivity (Wildman–Crippen MR) is 104 cm³/mol. The number of carboxylic acids is 1. The highest BCUT2D eigenvalue weighted by Crippen LogP contribution is 2.34. The molecule has 2 aromatic carbocycles. The Morgan fingerprint density at radius 1 is 1.11 bits per heavy atom. The van der Waals surface area contributed by atoms with Crippen LogP contribution >= 0.6 is 0 Å². The molecule has 1 amide bonds. The van der Waals surface area contributed by atoms with Gasteiger partial charge in [0, 0.05) is 18.7 Å². The number of amides is 1. The molecule has 2 atom stereocenters. The van der Waals surface area contributed by atoms with Gasteiger partial charge in [0.1, 0.15) is 0 Å². The number of aliphatic carboxylic acids is 1. The summed E-state index contributed by atoms with van der Waals surface area (Å²) in [4.78, 5) is 23.5. The van der Waals surface area contributed by atoms with Gasteiger partial charge < -0.3 is 15.2 Å². The minimum atomic E-state index is -0.813. The molecule has 1 aliphatic heterocycles. The third-order valence-corrected chi connectivity index (χ3v) is 4.91. The Bertz CT molecular complexity index is 783. The van der Waals surface area contributed by atoms with Crippen molar-refractivity contribution in [3.63, 3.8) is 0 Å². The van der Waals surface area contributed by atoms with E-state index in [-0.39, 0.29) is 24.3 Å². The number of nitrogens with one attached hydrogen (secondary N) is 1. The summed E-state index contributed by atoms with van der Waals surface area (Å²) in [5.41, 5.74) is 3.87. The molecule has 5 heteroatoms. The first-order chi connectivity index (χ1) is 13.0. The van der Waals surface area contributed by atoms with Crippen molar-refractivity contribution in [2.75, 3.05) is 11.9 Å². The number of carbonyl (C=O) groups excluding carboxylic acids is 1. The maximum atomic E-state index is 12.8. The second kappa shape index (κ2) is 8.82. The number of ether oxygens (including phenoxy) is 1. The zero-order valence-electron chi connectivity index (χ0n) is 15.5. The summed E-state index contributed by atoms with van der Waals surface area (Å²) in [6.07, 6.45) is 2.02. The Hall–Kier alpha value is -2.66. The van der Waals surface area contributed by atoms with Crippen LogP contribution in [0.2, 0.25) is 0 Å². The fourth-order valence-electron chi connectivity index (χ4n) is 3.38. The summed E-state index contributed by atoms with van der Waals surface area (Å²) in [5, 5.41) is 11.7. The highest BCUT2D eigenvalue weighted by molar-refractivity contribution is 5.93. The normalized spacial score (nSPS) is 19.4. The highest BCUT2D eigenvalue weighted by atomic mass is 16.5. The molecule has 1 fully saturated rings. The average Bonchev–Trinajstić information content (AvgIpc) is 2.68. The molecule has 1 aliphatic rings. The molecule has 1 heterocycles. The zero-order chi connectivity index (χ0) is 19.2. The van der Waals surface area contributed by atoms with Crippen LogP contribution in [0, 0.1) is 12.8 Å². The van der Waals surface area contributed by atoms with Crippen LogP contribution in [0.25, 0.3) is 0 Å². The van der Waals surface area contributed by atoms with Crippen molar-refractivity contribution in [3.8, 4) is 0 Å². The van der Waals surface area contributed by atoms with E-state index in [0.29, 0.717) is 18.7 Å². The van der Waals surface area contributed by atoms with Crippen molar-refractivity contribution in [3.05, 3.63) is 65.2 Å². The van der Waals surface area contributed by atoms with Gasteiger partial charge in [-0.2, -0.15) is 0 Å². The van der Waals surface area contributed by atoms with Gasteiger partial charge >= 0.3 is 5.97 Å². The lowest BCUT2D eigenvalue weighted by Gasteiger charge is -2.31. The van der Waals surface area contributed by atoms with Gasteiger partial charge in [-0.15, -0.1) is 0 Å². The second-order valence-electron chi connectivity index (χ2n) is 7.03. The monoisotopic (exact) mass is 367 g/mol. The molecule has 27 heavy (non-hydrogen) atoms. The molecule has 2 unspecified atom stereocenters. The van der Waals surface area contributed by atoms with Gasteiger partial charge in [-0.3, -0.25) is 9.59 Å². The Kier molecular flexibility index (Phi) is 6.24. The zero-order valence-corrected chi connectivity index (χ0v) is 15.5. The van der Waals surface area contributed by atoms with Crippen molar-refractivity contribution >= 4 is 17.6 Å². The van der Waals surface area contributed by atoms with E-state index >= 15 is 0 Å². The summed E-state index contributed by atoms with van der Waals surface area (Å²) < 4.78 is 5.93. The molecule has 1 saturated heterocycles. The average molecular weight is 367 g/mol. The maximum Gasteiger partial charge on any atom is 0.303 e. The summed E-state index contributed by atoms with van der Waals surface area (Å²) in [7, 11) is 0. The van der Waals surface area contributed by atoms with E-state index in [1.165, 1.54) is 5.56 Å². The van der Waals surface area contributed by atoms with Crippen LogP contribution in [0.1, 0.15) is 42.1 Å². The van der Waals surface area contributed by atoms with Crippen molar-refractivity contribution in [2.24, 2.45) is 5.92 Å². The number of aryl methyl sites for hydroxylation is 2. The summed E-state index contributed by atoms with van der Waals surface area (Å²) >= 11 is 0. The van der Waals surface area contributed by atoms with E-state index in [4.69, 9.17) is 9.84 Å². The van der Waals surface area contributed by atoms with Gasteiger partial charge in [0.2, 0.25) is 5.91 Å². The van der Waals surface area contributed by atoms with Crippen LogP contribution in [0.4, 0.5) is 5.69 Å². The van der Waals surface area contributed by atoms with Crippen LogP contribution < -0.4 is 5.32 Å². The number of carbonyl (C=O) groups is 2. The van der Waals surface area contributed by atoms with Crippen LogP contribution in [0.15, 0.2) is 48.5 Å². The van der Waals surface area contributed by atoms with Crippen LogP contribution in [-0.4, -0.2) is 23.6 Å². The number of anilines is 1. The molecule has 0 radical (unpaired) electrons. The van der Waals surface area contributed by atoms with E-state index in [1.54, 1.807) is 0 Å². The number of hydrogen-bond donors (Lipinski definition) is 2. The molecular weight excluding hydrogens is 342 g/mol. The first-order valence-corrected chi connectivity index (χ1v) is 9.33. The van der Waals surface area contributed by atoms with Gasteiger partial charge in [0.05, 0.1) is 12.0 Å². The van der Waals surface area contributed by atoms with E-state index in [9.17, 15) is 9.59 Å². The van der Waals surface area contributed by atoms with Gasteiger partial charge in [-0.1, -0.05) is 42.0 Å². The Morgan fingerprint density at radius 2 is 1.81 bits per heavy atom. The Balaban J connectivity index is 1.66. The molecule has 0 aliphatic carbocycles. The van der Waals surface area contributed by atoms with Gasteiger partial charge in [0.25, 0.3) is 0 Å². The summed E-state index contributed by atoms with van der Waals surface area (Å²) in [5.74, 6) is -1.08. The SMILES string of the molecule is Cc1ccc(C2OCCCC2C(=O)Nc2ccc(CCC(=O)O)cc2)cc1.